The zero-order valence-electron chi connectivity index (χ0n) is 9.25. The molecule has 0 amide bonds. The Morgan fingerprint density at radius 3 is 1.86 bits per heavy atom. The standard InChI is InChI=1S/C14H23/c1-2-4-6-8-10-12-14-13-11-9-7-5-3-1/h1-3,12,14H,4-11,13H2/b3-1+,14-12+. The second-order valence-electron chi connectivity index (χ2n) is 4.06. The van der Waals surface area contributed by atoms with Crippen LogP contribution in [-0.2, 0) is 0 Å². The normalized spacial score (nSPS) is 26.3. The average Bonchev–Trinajstić information content (AvgIpc) is 2.22. The third-order valence-electron chi connectivity index (χ3n) is 2.67. The molecule has 1 aliphatic rings. The summed E-state index contributed by atoms with van der Waals surface area (Å²) in [6.45, 7) is 0. The molecular weight excluding hydrogens is 168 g/mol. The molecule has 0 fully saturated rings. The van der Waals surface area contributed by atoms with Crippen molar-refractivity contribution < 1.29 is 0 Å². The van der Waals surface area contributed by atoms with Gasteiger partial charge in [0.25, 0.3) is 0 Å². The van der Waals surface area contributed by atoms with Gasteiger partial charge in [-0.05, 0) is 51.4 Å². The molecule has 0 saturated carbocycles. The molecule has 0 aromatic carbocycles. The largest absolute Gasteiger partial charge is 0.0885 e. The average molecular weight is 191 g/mol. The van der Waals surface area contributed by atoms with Crippen molar-refractivity contribution in [3.63, 3.8) is 0 Å². The van der Waals surface area contributed by atoms with Gasteiger partial charge >= 0.3 is 0 Å². The lowest BCUT2D eigenvalue weighted by molar-refractivity contribution is 0.690. The van der Waals surface area contributed by atoms with Gasteiger partial charge in [-0.25, -0.2) is 0 Å². The highest BCUT2D eigenvalue weighted by molar-refractivity contribution is 4.94. The van der Waals surface area contributed by atoms with Gasteiger partial charge in [0.1, 0.15) is 0 Å². The third-order valence-corrected chi connectivity index (χ3v) is 2.67. The minimum atomic E-state index is 1.25. The molecule has 1 rings (SSSR count). The summed E-state index contributed by atoms with van der Waals surface area (Å²) in [5, 5.41) is 0. The summed E-state index contributed by atoms with van der Waals surface area (Å²) in [5.41, 5.74) is 0. The molecule has 0 spiro atoms. The van der Waals surface area contributed by atoms with Gasteiger partial charge in [0.2, 0.25) is 0 Å². The summed E-state index contributed by atoms with van der Waals surface area (Å²) in [6, 6.07) is 0. The number of hydrogen-bond acceptors (Lipinski definition) is 0. The van der Waals surface area contributed by atoms with E-state index in [1.165, 1.54) is 57.8 Å². The molecule has 0 aromatic rings. The predicted molar refractivity (Wildman–Crippen MR) is 64.1 cm³/mol. The molecule has 0 heterocycles. The molecule has 0 nitrogen and oxygen atoms in total. The highest BCUT2D eigenvalue weighted by Crippen LogP contribution is 2.08. The molecule has 0 aromatic heterocycles. The molecule has 0 N–H and O–H groups in total. The Labute approximate surface area is 89.1 Å². The Hall–Kier alpha value is -0.520. The number of rotatable bonds is 0. The van der Waals surface area contributed by atoms with E-state index in [4.69, 9.17) is 0 Å². The number of allylic oxidation sites excluding steroid dienone is 4. The third kappa shape index (κ3) is 6.94. The fourth-order valence-corrected chi connectivity index (χ4v) is 1.75. The van der Waals surface area contributed by atoms with Gasteiger partial charge in [-0.2, -0.15) is 0 Å². The molecular formula is C14H23. The maximum atomic E-state index is 2.37. The quantitative estimate of drug-likeness (QED) is 0.481. The van der Waals surface area contributed by atoms with Gasteiger partial charge in [0.05, 0.1) is 0 Å². The van der Waals surface area contributed by atoms with Crippen LogP contribution in [0.1, 0.15) is 57.8 Å². The van der Waals surface area contributed by atoms with Crippen LogP contribution in [0.3, 0.4) is 0 Å². The van der Waals surface area contributed by atoms with Crippen molar-refractivity contribution in [2.24, 2.45) is 0 Å². The minimum Gasteiger partial charge on any atom is -0.0885 e. The Bertz CT molecular complexity index is 129. The van der Waals surface area contributed by atoms with E-state index in [1.54, 1.807) is 0 Å². The summed E-state index contributed by atoms with van der Waals surface area (Å²) in [5.74, 6) is 0. The van der Waals surface area contributed by atoms with E-state index in [2.05, 4.69) is 30.7 Å². The van der Waals surface area contributed by atoms with Crippen LogP contribution in [0, 0.1) is 6.42 Å². The first-order chi connectivity index (χ1) is 7.00. The maximum Gasteiger partial charge on any atom is -0.0171 e. The first-order valence-electron chi connectivity index (χ1n) is 6.13. The fraction of sp³-hybridized carbons (Fsp3) is 0.643. The Balaban J connectivity index is 2.15. The van der Waals surface area contributed by atoms with Crippen molar-refractivity contribution in [3.8, 4) is 0 Å². The summed E-state index contributed by atoms with van der Waals surface area (Å²) < 4.78 is 0. The van der Waals surface area contributed by atoms with Crippen molar-refractivity contribution in [3.05, 3.63) is 30.7 Å². The summed E-state index contributed by atoms with van der Waals surface area (Å²) in [7, 11) is 0. The van der Waals surface area contributed by atoms with Crippen molar-refractivity contribution in [2.45, 2.75) is 57.8 Å². The molecule has 0 unspecified atom stereocenters. The van der Waals surface area contributed by atoms with Gasteiger partial charge in [-0.1, -0.05) is 37.1 Å². The van der Waals surface area contributed by atoms with Crippen LogP contribution < -0.4 is 0 Å². The van der Waals surface area contributed by atoms with Crippen LogP contribution >= 0.6 is 0 Å². The molecule has 0 bridgehead atoms. The lowest BCUT2D eigenvalue weighted by Gasteiger charge is -1.98. The van der Waals surface area contributed by atoms with E-state index >= 15 is 0 Å². The van der Waals surface area contributed by atoms with Gasteiger partial charge in [0.15, 0.2) is 0 Å². The van der Waals surface area contributed by atoms with Crippen molar-refractivity contribution >= 4 is 0 Å². The molecule has 79 valence electrons. The monoisotopic (exact) mass is 191 g/mol. The predicted octanol–water partition coefficient (Wildman–Crippen LogP) is 4.83. The van der Waals surface area contributed by atoms with Gasteiger partial charge in [-0.15, -0.1) is 0 Å². The number of hydrogen-bond donors (Lipinski definition) is 0. The van der Waals surface area contributed by atoms with Gasteiger partial charge < -0.3 is 0 Å². The Morgan fingerprint density at radius 1 is 0.500 bits per heavy atom. The van der Waals surface area contributed by atoms with E-state index in [1.807, 2.05) is 0 Å². The molecule has 14 heavy (non-hydrogen) atoms. The SMILES string of the molecule is [CH]1/C=C/CCCCC/C=C/CCCC1. The first kappa shape index (κ1) is 11.6. The second-order valence-corrected chi connectivity index (χ2v) is 4.06. The molecule has 0 saturated heterocycles. The van der Waals surface area contributed by atoms with Crippen molar-refractivity contribution in [2.75, 3.05) is 0 Å². The first-order valence-corrected chi connectivity index (χ1v) is 6.13. The van der Waals surface area contributed by atoms with Crippen LogP contribution in [-0.4, -0.2) is 0 Å². The fourth-order valence-electron chi connectivity index (χ4n) is 1.75. The van der Waals surface area contributed by atoms with Crippen LogP contribution in [0.5, 0.6) is 0 Å². The molecule has 0 heteroatoms. The minimum absolute atomic E-state index is 1.25. The smallest absolute Gasteiger partial charge is 0.0171 e. The van der Waals surface area contributed by atoms with Crippen LogP contribution in [0.4, 0.5) is 0 Å². The van der Waals surface area contributed by atoms with Crippen molar-refractivity contribution in [1.29, 1.82) is 0 Å². The maximum absolute atomic E-state index is 2.37. The summed E-state index contributed by atoms with van der Waals surface area (Å²) >= 11 is 0. The Morgan fingerprint density at radius 2 is 1.07 bits per heavy atom. The van der Waals surface area contributed by atoms with E-state index in [0.717, 1.165) is 0 Å². The second kappa shape index (κ2) is 9.05. The lowest BCUT2D eigenvalue weighted by Crippen LogP contribution is -1.79. The highest BCUT2D eigenvalue weighted by atomic mass is 14.0. The van der Waals surface area contributed by atoms with E-state index in [9.17, 15) is 0 Å². The van der Waals surface area contributed by atoms with Gasteiger partial charge in [0, 0.05) is 0 Å². The van der Waals surface area contributed by atoms with E-state index < -0.39 is 0 Å². The molecule has 1 radical (unpaired) electrons. The topological polar surface area (TPSA) is 0 Å². The van der Waals surface area contributed by atoms with E-state index in [-0.39, 0.29) is 0 Å². The van der Waals surface area contributed by atoms with Gasteiger partial charge in [-0.3, -0.25) is 0 Å². The molecule has 1 aliphatic carbocycles. The Kier molecular flexibility index (Phi) is 7.47. The molecule has 0 atom stereocenters. The zero-order valence-corrected chi connectivity index (χ0v) is 9.25. The molecule has 0 aliphatic heterocycles. The highest BCUT2D eigenvalue weighted by Gasteiger charge is 1.89. The van der Waals surface area contributed by atoms with Crippen molar-refractivity contribution in [1.82, 2.24) is 0 Å². The zero-order chi connectivity index (χ0) is 9.90. The van der Waals surface area contributed by atoms with E-state index in [0.29, 0.717) is 0 Å². The van der Waals surface area contributed by atoms with Crippen LogP contribution in [0.2, 0.25) is 0 Å². The van der Waals surface area contributed by atoms with Crippen LogP contribution in [0.25, 0.3) is 0 Å². The lowest BCUT2D eigenvalue weighted by atomic mass is 10.1. The summed E-state index contributed by atoms with van der Waals surface area (Å²) in [4.78, 5) is 0. The van der Waals surface area contributed by atoms with Crippen LogP contribution in [0.15, 0.2) is 24.3 Å². The summed E-state index contributed by atoms with van der Waals surface area (Å²) in [6.07, 6.45) is 23.5.